The molecule has 1 unspecified atom stereocenters. The SMILES string of the molecule is CC(C(=O)O)N(C(=O)OCC1c2ccccc2-c2ccccc21)C1=CCCC1. The standard InChI is InChI=1S/C23H23NO4/c1-15(22(25)26)24(16-8-2-3-9-16)23(27)28-14-21-19-12-6-4-10-17(19)18-11-5-7-13-20(18)21/h4-8,10-13,15,21H,2-3,9,14H2,1H3,(H,25,26). The molecule has 1 amide bonds. The number of benzene rings is 2. The third kappa shape index (κ3) is 3.17. The van der Waals surface area contributed by atoms with Crippen LogP contribution in [0.3, 0.4) is 0 Å². The highest BCUT2D eigenvalue weighted by Gasteiger charge is 2.33. The molecule has 5 heteroatoms. The van der Waals surface area contributed by atoms with Gasteiger partial charge in [0.15, 0.2) is 0 Å². The Morgan fingerprint density at radius 3 is 2.25 bits per heavy atom. The van der Waals surface area contributed by atoms with E-state index in [1.165, 1.54) is 11.8 Å². The quantitative estimate of drug-likeness (QED) is 0.814. The normalized spacial score (nSPS) is 16.1. The predicted molar refractivity (Wildman–Crippen MR) is 106 cm³/mol. The molecule has 0 aromatic heterocycles. The van der Waals surface area contributed by atoms with Crippen LogP contribution in [0.5, 0.6) is 0 Å². The van der Waals surface area contributed by atoms with Crippen LogP contribution >= 0.6 is 0 Å². The van der Waals surface area contributed by atoms with E-state index in [-0.39, 0.29) is 12.5 Å². The number of rotatable bonds is 5. The average Bonchev–Trinajstić information content (AvgIpc) is 3.33. The van der Waals surface area contributed by atoms with Gasteiger partial charge in [0.2, 0.25) is 0 Å². The molecule has 0 saturated carbocycles. The molecule has 2 aliphatic carbocycles. The average molecular weight is 377 g/mol. The summed E-state index contributed by atoms with van der Waals surface area (Å²) in [7, 11) is 0. The van der Waals surface area contributed by atoms with Crippen molar-refractivity contribution >= 4 is 12.1 Å². The number of ether oxygens (including phenoxy) is 1. The molecule has 2 aromatic rings. The van der Waals surface area contributed by atoms with Crippen LogP contribution in [0.25, 0.3) is 11.1 Å². The van der Waals surface area contributed by atoms with Gasteiger partial charge in [0.05, 0.1) is 0 Å². The molecular formula is C23H23NO4. The molecule has 0 heterocycles. The van der Waals surface area contributed by atoms with Crippen LogP contribution in [0, 0.1) is 0 Å². The van der Waals surface area contributed by atoms with Crippen molar-refractivity contribution in [3.8, 4) is 11.1 Å². The summed E-state index contributed by atoms with van der Waals surface area (Å²) in [6, 6.07) is 15.3. The number of carboxylic acid groups (broad SMARTS) is 1. The van der Waals surface area contributed by atoms with E-state index in [1.807, 2.05) is 30.3 Å². The Balaban J connectivity index is 1.56. The van der Waals surface area contributed by atoms with E-state index >= 15 is 0 Å². The Morgan fingerprint density at radius 1 is 1.11 bits per heavy atom. The second-order valence-corrected chi connectivity index (χ2v) is 7.28. The number of allylic oxidation sites excluding steroid dienone is 2. The lowest BCUT2D eigenvalue weighted by molar-refractivity contribution is -0.141. The van der Waals surface area contributed by atoms with E-state index in [0.29, 0.717) is 6.42 Å². The van der Waals surface area contributed by atoms with E-state index in [4.69, 9.17) is 4.74 Å². The van der Waals surface area contributed by atoms with Crippen LogP contribution in [-0.4, -0.2) is 34.7 Å². The molecule has 0 fully saturated rings. The number of aliphatic carboxylic acids is 1. The van der Waals surface area contributed by atoms with Gasteiger partial charge in [-0.15, -0.1) is 0 Å². The predicted octanol–water partition coefficient (Wildman–Crippen LogP) is 4.78. The van der Waals surface area contributed by atoms with E-state index in [9.17, 15) is 14.7 Å². The fourth-order valence-electron chi connectivity index (χ4n) is 4.17. The number of hydrogen-bond acceptors (Lipinski definition) is 3. The first-order chi connectivity index (χ1) is 13.6. The molecule has 0 bridgehead atoms. The highest BCUT2D eigenvalue weighted by molar-refractivity contribution is 5.82. The van der Waals surface area contributed by atoms with Crippen LogP contribution in [-0.2, 0) is 9.53 Å². The summed E-state index contributed by atoms with van der Waals surface area (Å²) in [5, 5.41) is 9.43. The van der Waals surface area contributed by atoms with Gasteiger partial charge in [-0.05, 0) is 48.4 Å². The molecule has 4 rings (SSSR count). The van der Waals surface area contributed by atoms with E-state index < -0.39 is 18.1 Å². The monoisotopic (exact) mass is 377 g/mol. The fraction of sp³-hybridized carbons (Fsp3) is 0.304. The van der Waals surface area contributed by atoms with Crippen LogP contribution < -0.4 is 0 Å². The highest BCUT2D eigenvalue weighted by atomic mass is 16.6. The Kier molecular flexibility index (Phi) is 4.90. The van der Waals surface area contributed by atoms with Gasteiger partial charge < -0.3 is 9.84 Å². The van der Waals surface area contributed by atoms with Crippen molar-refractivity contribution in [3.05, 3.63) is 71.4 Å². The van der Waals surface area contributed by atoms with E-state index in [1.54, 1.807) is 0 Å². The summed E-state index contributed by atoms with van der Waals surface area (Å²) in [4.78, 5) is 25.7. The van der Waals surface area contributed by atoms with Crippen molar-refractivity contribution in [2.45, 2.75) is 38.1 Å². The number of nitrogens with zero attached hydrogens (tertiary/aromatic N) is 1. The van der Waals surface area contributed by atoms with Gasteiger partial charge in [0.25, 0.3) is 0 Å². The summed E-state index contributed by atoms with van der Waals surface area (Å²) in [6.45, 7) is 1.70. The molecular weight excluding hydrogens is 354 g/mol. The Morgan fingerprint density at radius 2 is 1.71 bits per heavy atom. The molecule has 5 nitrogen and oxygen atoms in total. The van der Waals surface area contributed by atoms with Crippen molar-refractivity contribution in [1.29, 1.82) is 0 Å². The van der Waals surface area contributed by atoms with Gasteiger partial charge in [-0.1, -0.05) is 54.6 Å². The number of hydrogen-bond donors (Lipinski definition) is 1. The number of carboxylic acids is 1. The highest BCUT2D eigenvalue weighted by Crippen LogP contribution is 2.44. The maximum Gasteiger partial charge on any atom is 0.414 e. The van der Waals surface area contributed by atoms with Crippen molar-refractivity contribution < 1.29 is 19.4 Å². The first kappa shape index (κ1) is 18.3. The number of carbonyl (C=O) groups is 2. The minimum absolute atomic E-state index is 0.0455. The van der Waals surface area contributed by atoms with Gasteiger partial charge >= 0.3 is 12.1 Å². The van der Waals surface area contributed by atoms with Gasteiger partial charge in [-0.2, -0.15) is 0 Å². The molecule has 1 atom stereocenters. The minimum atomic E-state index is -1.04. The second kappa shape index (κ2) is 7.50. The van der Waals surface area contributed by atoms with E-state index in [0.717, 1.165) is 40.8 Å². The second-order valence-electron chi connectivity index (χ2n) is 7.28. The zero-order valence-corrected chi connectivity index (χ0v) is 15.8. The maximum absolute atomic E-state index is 12.9. The first-order valence-electron chi connectivity index (χ1n) is 9.64. The molecule has 0 spiro atoms. The maximum atomic E-state index is 12.9. The molecule has 0 radical (unpaired) electrons. The Labute approximate surface area is 164 Å². The zero-order chi connectivity index (χ0) is 19.7. The fourth-order valence-corrected chi connectivity index (χ4v) is 4.17. The molecule has 0 aliphatic heterocycles. The van der Waals surface area contributed by atoms with Crippen LogP contribution in [0.4, 0.5) is 4.79 Å². The third-order valence-electron chi connectivity index (χ3n) is 5.60. The van der Waals surface area contributed by atoms with Gasteiger partial charge in [0, 0.05) is 11.6 Å². The van der Waals surface area contributed by atoms with Gasteiger partial charge in [-0.3, -0.25) is 4.90 Å². The van der Waals surface area contributed by atoms with Crippen LogP contribution in [0.1, 0.15) is 43.2 Å². The number of amides is 1. The summed E-state index contributed by atoms with van der Waals surface area (Å²) in [5.41, 5.74) is 5.33. The third-order valence-corrected chi connectivity index (χ3v) is 5.60. The smallest absolute Gasteiger partial charge is 0.414 e. The van der Waals surface area contributed by atoms with Crippen LogP contribution in [0.15, 0.2) is 60.3 Å². The molecule has 28 heavy (non-hydrogen) atoms. The molecule has 2 aromatic carbocycles. The number of fused-ring (bicyclic) bond motifs is 3. The first-order valence-corrected chi connectivity index (χ1v) is 9.64. The van der Waals surface area contributed by atoms with Crippen molar-refractivity contribution in [1.82, 2.24) is 4.90 Å². The lowest BCUT2D eigenvalue weighted by atomic mass is 9.98. The zero-order valence-electron chi connectivity index (χ0n) is 15.8. The van der Waals surface area contributed by atoms with E-state index in [2.05, 4.69) is 24.3 Å². The summed E-state index contributed by atoms with van der Waals surface area (Å²) < 4.78 is 5.67. The van der Waals surface area contributed by atoms with Crippen LogP contribution in [0.2, 0.25) is 0 Å². The summed E-state index contributed by atoms with van der Waals surface area (Å²) in [5.74, 6) is -1.09. The van der Waals surface area contributed by atoms with Crippen molar-refractivity contribution in [3.63, 3.8) is 0 Å². The summed E-state index contributed by atoms with van der Waals surface area (Å²) >= 11 is 0. The van der Waals surface area contributed by atoms with Gasteiger partial charge in [0.1, 0.15) is 12.6 Å². The Hall–Kier alpha value is -3.08. The molecule has 0 saturated heterocycles. The molecule has 144 valence electrons. The van der Waals surface area contributed by atoms with Crippen molar-refractivity contribution in [2.24, 2.45) is 0 Å². The van der Waals surface area contributed by atoms with Crippen molar-refractivity contribution in [2.75, 3.05) is 6.61 Å². The minimum Gasteiger partial charge on any atom is -0.480 e. The lowest BCUT2D eigenvalue weighted by Crippen LogP contribution is -2.42. The molecule has 2 aliphatic rings. The largest absolute Gasteiger partial charge is 0.480 e. The number of carbonyl (C=O) groups excluding carboxylic acids is 1. The van der Waals surface area contributed by atoms with Gasteiger partial charge in [-0.25, -0.2) is 9.59 Å². The topological polar surface area (TPSA) is 66.8 Å². The molecule has 1 N–H and O–H groups in total. The lowest BCUT2D eigenvalue weighted by Gasteiger charge is -2.27. The Bertz CT molecular complexity index is 904. The summed E-state index contributed by atoms with van der Waals surface area (Å²) in [6.07, 6.45) is 3.82.